The highest BCUT2D eigenvalue weighted by Gasteiger charge is 2.31. The molecule has 0 bridgehead atoms. The predicted octanol–water partition coefficient (Wildman–Crippen LogP) is 2.91. The van der Waals surface area contributed by atoms with Gasteiger partial charge >= 0.3 is 0 Å². The Morgan fingerprint density at radius 1 is 1.04 bits per heavy atom. The van der Waals surface area contributed by atoms with E-state index in [-0.39, 0.29) is 23.9 Å². The number of ether oxygens (including phenoxy) is 1. The summed E-state index contributed by atoms with van der Waals surface area (Å²) in [5.41, 5.74) is 1.55. The van der Waals surface area contributed by atoms with Gasteiger partial charge in [0.2, 0.25) is 10.0 Å². The lowest BCUT2D eigenvalue weighted by atomic mass is 10.2. The van der Waals surface area contributed by atoms with Crippen LogP contribution in [-0.4, -0.2) is 56.8 Å². The Morgan fingerprint density at radius 3 is 2.22 bits per heavy atom. The first kappa shape index (κ1) is 19.9. The number of carbonyl (C=O) groups is 1. The van der Waals surface area contributed by atoms with E-state index in [2.05, 4.69) is 15.9 Å². The van der Waals surface area contributed by atoms with Gasteiger partial charge < -0.3 is 9.64 Å². The molecular formula is C19H21BrN2O4S. The molecular weight excluding hydrogens is 432 g/mol. The van der Waals surface area contributed by atoms with Crippen LogP contribution in [0.2, 0.25) is 0 Å². The summed E-state index contributed by atoms with van der Waals surface area (Å²) in [5, 5.41) is 0. The first-order valence-electron chi connectivity index (χ1n) is 8.52. The second-order valence-electron chi connectivity index (χ2n) is 6.36. The molecule has 1 fully saturated rings. The molecule has 0 saturated carbocycles. The molecule has 2 aromatic carbocycles. The van der Waals surface area contributed by atoms with E-state index in [1.54, 1.807) is 54.5 Å². The minimum atomic E-state index is -3.60. The van der Waals surface area contributed by atoms with Crippen molar-refractivity contribution in [2.75, 3.05) is 33.3 Å². The molecule has 144 valence electrons. The number of carbonyl (C=O) groups excluding carboxylic acids is 1. The van der Waals surface area contributed by atoms with Crippen LogP contribution in [0.1, 0.15) is 15.9 Å². The fraction of sp³-hybridized carbons (Fsp3) is 0.316. The molecule has 1 heterocycles. The van der Waals surface area contributed by atoms with Gasteiger partial charge in [0.15, 0.2) is 0 Å². The zero-order valence-corrected chi connectivity index (χ0v) is 17.6. The number of nitrogens with zero attached hydrogens (tertiary/aromatic N) is 2. The van der Waals surface area contributed by atoms with E-state index in [9.17, 15) is 13.2 Å². The molecule has 1 amide bonds. The molecule has 2 aromatic rings. The Kier molecular flexibility index (Phi) is 5.88. The molecule has 1 aliphatic rings. The van der Waals surface area contributed by atoms with Gasteiger partial charge in [-0.05, 0) is 64.8 Å². The fourth-order valence-electron chi connectivity index (χ4n) is 3.00. The third kappa shape index (κ3) is 4.17. The van der Waals surface area contributed by atoms with Crippen LogP contribution >= 0.6 is 15.9 Å². The van der Waals surface area contributed by atoms with Gasteiger partial charge in [0.05, 0.1) is 12.0 Å². The molecule has 0 spiro atoms. The van der Waals surface area contributed by atoms with Crippen LogP contribution in [0.15, 0.2) is 51.8 Å². The molecule has 8 heteroatoms. The van der Waals surface area contributed by atoms with Crippen molar-refractivity contribution in [2.45, 2.75) is 11.8 Å². The molecule has 0 unspecified atom stereocenters. The number of hydrogen-bond acceptors (Lipinski definition) is 4. The molecule has 0 N–H and O–H groups in total. The van der Waals surface area contributed by atoms with Gasteiger partial charge in [-0.25, -0.2) is 8.42 Å². The van der Waals surface area contributed by atoms with Crippen LogP contribution in [0.25, 0.3) is 0 Å². The van der Waals surface area contributed by atoms with Gasteiger partial charge in [0.1, 0.15) is 5.75 Å². The van der Waals surface area contributed by atoms with Gasteiger partial charge in [-0.15, -0.1) is 0 Å². The number of sulfonamides is 1. The quantitative estimate of drug-likeness (QED) is 0.714. The molecule has 0 atom stereocenters. The zero-order chi connectivity index (χ0) is 19.6. The summed E-state index contributed by atoms with van der Waals surface area (Å²) in [6.45, 7) is 3.15. The second kappa shape index (κ2) is 8.00. The van der Waals surface area contributed by atoms with Crippen molar-refractivity contribution >= 4 is 31.9 Å². The van der Waals surface area contributed by atoms with Crippen molar-refractivity contribution < 1.29 is 17.9 Å². The number of benzene rings is 2. The number of methoxy groups -OCH3 is 1. The zero-order valence-electron chi connectivity index (χ0n) is 15.2. The van der Waals surface area contributed by atoms with Crippen LogP contribution in [0.3, 0.4) is 0 Å². The summed E-state index contributed by atoms with van der Waals surface area (Å²) in [5.74, 6) is 0.581. The largest absolute Gasteiger partial charge is 0.497 e. The molecule has 6 nitrogen and oxygen atoms in total. The highest BCUT2D eigenvalue weighted by Crippen LogP contribution is 2.27. The lowest BCUT2D eigenvalue weighted by molar-refractivity contribution is 0.0698. The summed E-state index contributed by atoms with van der Waals surface area (Å²) in [6.07, 6.45) is 0. The van der Waals surface area contributed by atoms with Crippen LogP contribution in [0.4, 0.5) is 0 Å². The van der Waals surface area contributed by atoms with Crippen molar-refractivity contribution in [1.29, 1.82) is 0 Å². The minimum absolute atomic E-state index is 0.105. The topological polar surface area (TPSA) is 66.9 Å². The Labute approximate surface area is 167 Å². The summed E-state index contributed by atoms with van der Waals surface area (Å²) >= 11 is 3.35. The van der Waals surface area contributed by atoms with Crippen LogP contribution in [0.5, 0.6) is 5.75 Å². The van der Waals surface area contributed by atoms with Crippen molar-refractivity contribution in [3.05, 3.63) is 58.1 Å². The molecule has 1 aliphatic heterocycles. The number of hydrogen-bond donors (Lipinski definition) is 0. The maximum atomic E-state index is 12.9. The molecule has 0 aliphatic carbocycles. The average molecular weight is 453 g/mol. The van der Waals surface area contributed by atoms with Crippen molar-refractivity contribution in [2.24, 2.45) is 0 Å². The van der Waals surface area contributed by atoms with E-state index >= 15 is 0 Å². The fourth-order valence-corrected chi connectivity index (χ4v) is 5.58. The van der Waals surface area contributed by atoms with Crippen LogP contribution < -0.4 is 4.74 Å². The lowest BCUT2D eigenvalue weighted by Gasteiger charge is -2.34. The van der Waals surface area contributed by atoms with Crippen molar-refractivity contribution in [1.82, 2.24) is 9.21 Å². The van der Waals surface area contributed by atoms with E-state index in [1.807, 2.05) is 6.92 Å². The Morgan fingerprint density at radius 2 is 1.67 bits per heavy atom. The van der Waals surface area contributed by atoms with E-state index in [1.165, 1.54) is 4.31 Å². The number of amides is 1. The highest BCUT2D eigenvalue weighted by atomic mass is 79.9. The standard InChI is InChI=1S/C19H21BrN2O4S/c1-14-3-8-18(17(20)13-14)27(24,25)22-11-9-21(10-12-22)19(23)15-4-6-16(26-2)7-5-15/h3-8,13H,9-12H2,1-2H3. The number of halogens is 1. The summed E-state index contributed by atoms with van der Waals surface area (Å²) < 4.78 is 32.9. The maximum absolute atomic E-state index is 12.9. The van der Waals surface area contributed by atoms with Gasteiger partial charge in [-0.3, -0.25) is 4.79 Å². The van der Waals surface area contributed by atoms with E-state index in [0.717, 1.165) is 5.56 Å². The van der Waals surface area contributed by atoms with Gasteiger partial charge in [-0.1, -0.05) is 6.07 Å². The first-order valence-corrected chi connectivity index (χ1v) is 10.8. The monoisotopic (exact) mass is 452 g/mol. The second-order valence-corrected chi connectivity index (χ2v) is 9.12. The average Bonchev–Trinajstić information content (AvgIpc) is 2.67. The van der Waals surface area contributed by atoms with Crippen LogP contribution in [0, 0.1) is 6.92 Å². The maximum Gasteiger partial charge on any atom is 0.253 e. The Bertz CT molecular complexity index is 937. The Hall–Kier alpha value is -1.90. The SMILES string of the molecule is COc1ccc(C(=O)N2CCN(S(=O)(=O)c3ccc(C)cc3Br)CC2)cc1. The number of aryl methyl sites for hydroxylation is 1. The number of rotatable bonds is 4. The van der Waals surface area contributed by atoms with Gasteiger partial charge in [-0.2, -0.15) is 4.31 Å². The van der Waals surface area contributed by atoms with Crippen molar-refractivity contribution in [3.8, 4) is 5.75 Å². The summed E-state index contributed by atoms with van der Waals surface area (Å²) in [6, 6.07) is 12.1. The summed E-state index contributed by atoms with van der Waals surface area (Å²) in [4.78, 5) is 14.6. The third-order valence-electron chi connectivity index (χ3n) is 4.57. The lowest BCUT2D eigenvalue weighted by Crippen LogP contribution is -2.50. The molecule has 3 rings (SSSR count). The first-order chi connectivity index (χ1) is 12.8. The Balaban J connectivity index is 1.69. The van der Waals surface area contributed by atoms with E-state index in [0.29, 0.717) is 28.9 Å². The minimum Gasteiger partial charge on any atom is -0.497 e. The normalized spacial score (nSPS) is 15.6. The third-order valence-corrected chi connectivity index (χ3v) is 7.44. The number of piperazine rings is 1. The highest BCUT2D eigenvalue weighted by molar-refractivity contribution is 9.10. The van der Waals surface area contributed by atoms with E-state index < -0.39 is 10.0 Å². The smallest absolute Gasteiger partial charge is 0.253 e. The summed E-state index contributed by atoms with van der Waals surface area (Å²) in [7, 11) is -2.03. The predicted molar refractivity (Wildman–Crippen MR) is 107 cm³/mol. The van der Waals surface area contributed by atoms with Crippen LogP contribution in [-0.2, 0) is 10.0 Å². The van der Waals surface area contributed by atoms with Gasteiger partial charge in [0, 0.05) is 36.2 Å². The van der Waals surface area contributed by atoms with E-state index in [4.69, 9.17) is 4.74 Å². The van der Waals surface area contributed by atoms with Crippen molar-refractivity contribution in [3.63, 3.8) is 0 Å². The van der Waals surface area contributed by atoms with Gasteiger partial charge in [0.25, 0.3) is 5.91 Å². The molecule has 1 saturated heterocycles. The molecule has 27 heavy (non-hydrogen) atoms. The molecule has 0 aromatic heterocycles. The molecule has 0 radical (unpaired) electrons.